The average Bonchev–Trinajstić information content (AvgIpc) is 3.01. The van der Waals surface area contributed by atoms with Gasteiger partial charge in [0.15, 0.2) is 0 Å². The summed E-state index contributed by atoms with van der Waals surface area (Å²) < 4.78 is 1.79. The number of hydrogen-bond donors (Lipinski definition) is 1. The fourth-order valence-corrected chi connectivity index (χ4v) is 3.81. The Morgan fingerprint density at radius 3 is 2.58 bits per heavy atom. The summed E-state index contributed by atoms with van der Waals surface area (Å²) in [6.07, 6.45) is 6.61. The Hall–Kier alpha value is -1.89. The van der Waals surface area contributed by atoms with Crippen LogP contribution in [-0.2, 0) is 16.6 Å². The molecule has 2 aliphatic heterocycles. The zero-order valence-corrected chi connectivity index (χ0v) is 14.4. The number of aromatic nitrogens is 2. The van der Waals surface area contributed by atoms with Crippen molar-refractivity contribution in [3.8, 4) is 0 Å². The van der Waals surface area contributed by atoms with Gasteiger partial charge in [-0.3, -0.25) is 19.2 Å². The third-order valence-electron chi connectivity index (χ3n) is 5.25. The Balaban J connectivity index is 1.60. The molecule has 0 spiro atoms. The second-order valence-electron chi connectivity index (χ2n) is 6.97. The van der Waals surface area contributed by atoms with Gasteiger partial charge < -0.3 is 10.6 Å². The van der Waals surface area contributed by atoms with Gasteiger partial charge in [0.05, 0.1) is 18.3 Å². The molecule has 0 saturated carbocycles. The van der Waals surface area contributed by atoms with Gasteiger partial charge in [0, 0.05) is 25.7 Å². The van der Waals surface area contributed by atoms with E-state index in [4.69, 9.17) is 5.73 Å². The van der Waals surface area contributed by atoms with E-state index in [0.717, 1.165) is 57.4 Å². The molecule has 1 unspecified atom stereocenters. The van der Waals surface area contributed by atoms with Crippen molar-refractivity contribution < 1.29 is 9.59 Å². The van der Waals surface area contributed by atoms with Crippen molar-refractivity contribution >= 4 is 11.8 Å². The van der Waals surface area contributed by atoms with Gasteiger partial charge in [-0.05, 0) is 51.3 Å². The number of rotatable bonds is 4. The predicted molar refractivity (Wildman–Crippen MR) is 89.9 cm³/mol. The summed E-state index contributed by atoms with van der Waals surface area (Å²) in [5.74, 6) is -0.0808. The predicted octanol–water partition coefficient (Wildman–Crippen LogP) is 0.671. The molecule has 3 heterocycles. The number of piperidine rings is 2. The Bertz CT molecular complexity index is 592. The summed E-state index contributed by atoms with van der Waals surface area (Å²) in [7, 11) is 1.90. The smallest absolute Gasteiger partial charge is 0.237 e. The molecular weight excluding hydrogens is 306 g/mol. The Morgan fingerprint density at radius 1 is 1.21 bits per heavy atom. The molecule has 3 rings (SSSR count). The molecule has 2 saturated heterocycles. The van der Waals surface area contributed by atoms with Gasteiger partial charge in [-0.25, -0.2) is 0 Å². The van der Waals surface area contributed by atoms with E-state index in [-0.39, 0.29) is 23.8 Å². The van der Waals surface area contributed by atoms with Crippen LogP contribution in [0.2, 0.25) is 0 Å². The van der Waals surface area contributed by atoms with Gasteiger partial charge in [0.25, 0.3) is 0 Å². The molecule has 1 aromatic rings. The van der Waals surface area contributed by atoms with Gasteiger partial charge >= 0.3 is 0 Å². The third kappa shape index (κ3) is 3.77. The van der Waals surface area contributed by atoms with Crippen molar-refractivity contribution in [1.82, 2.24) is 19.6 Å². The highest BCUT2D eigenvalue weighted by molar-refractivity contribution is 5.79. The molecule has 0 aromatic carbocycles. The van der Waals surface area contributed by atoms with Crippen LogP contribution >= 0.6 is 0 Å². The van der Waals surface area contributed by atoms with Crippen molar-refractivity contribution in [2.45, 2.75) is 38.1 Å². The lowest BCUT2D eigenvalue weighted by atomic mass is 9.96. The van der Waals surface area contributed by atoms with Crippen molar-refractivity contribution in [1.29, 1.82) is 0 Å². The Morgan fingerprint density at radius 2 is 1.96 bits per heavy atom. The lowest BCUT2D eigenvalue weighted by molar-refractivity contribution is -0.136. The quantitative estimate of drug-likeness (QED) is 0.878. The monoisotopic (exact) mass is 333 g/mol. The minimum Gasteiger partial charge on any atom is -0.369 e. The van der Waals surface area contributed by atoms with Crippen LogP contribution < -0.4 is 5.73 Å². The number of carbonyl (C=O) groups excluding carboxylic acids is 2. The first-order valence-electron chi connectivity index (χ1n) is 8.85. The summed E-state index contributed by atoms with van der Waals surface area (Å²) in [6.45, 7) is 2.76. The lowest BCUT2D eigenvalue weighted by Gasteiger charge is -2.37. The molecule has 1 atom stereocenters. The maximum atomic E-state index is 12.8. The van der Waals surface area contributed by atoms with E-state index in [2.05, 4.69) is 10.00 Å². The highest BCUT2D eigenvalue weighted by Gasteiger charge is 2.31. The second kappa shape index (κ2) is 7.34. The number of nitrogens with zero attached hydrogens (tertiary/aromatic N) is 4. The number of likely N-dealkylation sites (tertiary alicyclic amines) is 2. The van der Waals surface area contributed by atoms with E-state index in [1.807, 2.05) is 24.2 Å². The van der Waals surface area contributed by atoms with Gasteiger partial charge in [0.2, 0.25) is 11.8 Å². The van der Waals surface area contributed by atoms with Crippen LogP contribution in [0.5, 0.6) is 0 Å². The van der Waals surface area contributed by atoms with Crippen molar-refractivity contribution in [3.63, 3.8) is 0 Å². The number of hydrogen-bond acceptors (Lipinski definition) is 4. The van der Waals surface area contributed by atoms with E-state index < -0.39 is 0 Å². The first-order chi connectivity index (χ1) is 11.5. The minimum absolute atomic E-state index is 0.0346. The fourth-order valence-electron chi connectivity index (χ4n) is 3.81. The molecule has 2 fully saturated rings. The van der Waals surface area contributed by atoms with Crippen LogP contribution in [0.1, 0.15) is 43.8 Å². The summed E-state index contributed by atoms with van der Waals surface area (Å²) in [6, 6.07) is 2.10. The highest BCUT2D eigenvalue weighted by atomic mass is 16.2. The van der Waals surface area contributed by atoms with Crippen LogP contribution in [0.3, 0.4) is 0 Å². The zero-order valence-electron chi connectivity index (χ0n) is 14.4. The molecule has 132 valence electrons. The number of primary amides is 1. The fraction of sp³-hybridized carbons (Fsp3) is 0.706. The molecule has 0 radical (unpaired) electrons. The summed E-state index contributed by atoms with van der Waals surface area (Å²) in [5.41, 5.74) is 6.36. The van der Waals surface area contributed by atoms with Gasteiger partial charge in [-0.2, -0.15) is 5.10 Å². The van der Waals surface area contributed by atoms with E-state index >= 15 is 0 Å². The standard InChI is InChI=1S/C17H27N5O2/c1-20-9-7-14(19-20)15-4-2-3-8-22(15)16(23)12-21-10-5-13(6-11-21)17(18)24/h7,9,13,15H,2-6,8,10-12H2,1H3,(H2,18,24). The Kier molecular flexibility index (Phi) is 5.18. The van der Waals surface area contributed by atoms with E-state index in [0.29, 0.717) is 6.54 Å². The van der Waals surface area contributed by atoms with Gasteiger partial charge in [0.1, 0.15) is 0 Å². The van der Waals surface area contributed by atoms with Crippen LogP contribution in [0.4, 0.5) is 0 Å². The molecule has 0 bridgehead atoms. The molecular formula is C17H27N5O2. The number of aryl methyl sites for hydroxylation is 1. The van der Waals surface area contributed by atoms with Gasteiger partial charge in [-0.15, -0.1) is 0 Å². The van der Waals surface area contributed by atoms with Crippen molar-refractivity contribution in [2.75, 3.05) is 26.2 Å². The summed E-state index contributed by atoms with van der Waals surface area (Å²) in [5, 5.41) is 4.50. The largest absolute Gasteiger partial charge is 0.369 e. The maximum absolute atomic E-state index is 12.8. The molecule has 1 aromatic heterocycles. The van der Waals surface area contributed by atoms with E-state index in [1.165, 1.54) is 0 Å². The number of amides is 2. The molecule has 2 amide bonds. The van der Waals surface area contributed by atoms with Crippen LogP contribution in [0.15, 0.2) is 12.3 Å². The molecule has 2 N–H and O–H groups in total. The zero-order chi connectivity index (χ0) is 17.1. The lowest BCUT2D eigenvalue weighted by Crippen LogP contribution is -2.47. The minimum atomic E-state index is -0.216. The summed E-state index contributed by atoms with van der Waals surface area (Å²) >= 11 is 0. The van der Waals surface area contributed by atoms with E-state index in [9.17, 15) is 9.59 Å². The molecule has 7 nitrogen and oxygen atoms in total. The number of nitrogens with two attached hydrogens (primary N) is 1. The SMILES string of the molecule is Cn1ccc(C2CCCCN2C(=O)CN2CCC(C(N)=O)CC2)n1. The first-order valence-corrected chi connectivity index (χ1v) is 8.85. The van der Waals surface area contributed by atoms with Crippen molar-refractivity contribution in [2.24, 2.45) is 18.7 Å². The van der Waals surface area contributed by atoms with E-state index in [1.54, 1.807) is 4.68 Å². The molecule has 0 aliphatic carbocycles. The topological polar surface area (TPSA) is 84.5 Å². The van der Waals surface area contributed by atoms with Crippen LogP contribution in [0, 0.1) is 5.92 Å². The first kappa shape index (κ1) is 17.0. The van der Waals surface area contributed by atoms with Crippen LogP contribution in [-0.4, -0.2) is 57.6 Å². The van der Waals surface area contributed by atoms with Crippen LogP contribution in [0.25, 0.3) is 0 Å². The maximum Gasteiger partial charge on any atom is 0.237 e. The van der Waals surface area contributed by atoms with Crippen molar-refractivity contribution in [3.05, 3.63) is 18.0 Å². The van der Waals surface area contributed by atoms with Gasteiger partial charge in [-0.1, -0.05) is 0 Å². The normalized spacial score (nSPS) is 23.4. The molecule has 7 heteroatoms. The summed E-state index contributed by atoms with van der Waals surface area (Å²) in [4.78, 5) is 28.2. The highest BCUT2D eigenvalue weighted by Crippen LogP contribution is 2.30. The second-order valence-corrected chi connectivity index (χ2v) is 6.97. The third-order valence-corrected chi connectivity index (χ3v) is 5.25. The molecule has 2 aliphatic rings. The number of carbonyl (C=O) groups is 2. The molecule has 24 heavy (non-hydrogen) atoms. The Labute approximate surface area is 142 Å². The average molecular weight is 333 g/mol.